The largest absolute Gasteiger partial charge is 0.493 e. The number of hydrogen-bond donors (Lipinski definition) is 0. The van der Waals surface area contributed by atoms with Gasteiger partial charge in [-0.25, -0.2) is 0 Å². The van der Waals surface area contributed by atoms with Crippen molar-refractivity contribution in [1.82, 2.24) is 0 Å². The van der Waals surface area contributed by atoms with Crippen LogP contribution in [-0.2, 0) is 14.4 Å². The van der Waals surface area contributed by atoms with Crippen molar-refractivity contribution in [3.05, 3.63) is 37.9 Å². The summed E-state index contributed by atoms with van der Waals surface area (Å²) in [6.45, 7) is 3.40. The van der Waals surface area contributed by atoms with Gasteiger partial charge in [0, 0.05) is 6.42 Å². The lowest BCUT2D eigenvalue weighted by Crippen LogP contribution is -2.10. The molecule has 1 atom stereocenters. The Bertz CT molecular complexity index is 663. The quantitative estimate of drug-likeness (QED) is 0.248. The number of nitrogens with zero attached hydrogens (tertiary/aromatic N) is 2. The molecule has 0 heterocycles. The molecule has 0 radical (unpaired) electrons. The van der Waals surface area contributed by atoms with Crippen LogP contribution in [0.25, 0.3) is 0 Å². The van der Waals surface area contributed by atoms with Crippen molar-refractivity contribution in [1.29, 1.82) is 0 Å². The molecule has 11 heteroatoms. The highest BCUT2D eigenvalue weighted by Crippen LogP contribution is 2.38. The number of nitro groups is 1. The van der Waals surface area contributed by atoms with Crippen molar-refractivity contribution in [2.24, 2.45) is 0 Å². The fraction of sp³-hybridized carbons (Fsp3) is 0.533. The summed E-state index contributed by atoms with van der Waals surface area (Å²) in [5.41, 5.74) is -0.428. The molecule has 0 amide bonds. The van der Waals surface area contributed by atoms with Crippen LogP contribution in [-0.4, -0.2) is 36.3 Å². The maximum absolute atomic E-state index is 11.3. The van der Waals surface area contributed by atoms with Gasteiger partial charge in [-0.2, -0.15) is 0 Å². The molecular formula is C15H20N2O9. The average Bonchev–Trinajstić information content (AvgIpc) is 2.57. The van der Waals surface area contributed by atoms with Crippen LogP contribution < -0.4 is 9.47 Å². The van der Waals surface area contributed by atoms with Crippen LogP contribution in [0, 0.1) is 20.2 Å². The second-order valence-electron chi connectivity index (χ2n) is 5.05. The Morgan fingerprint density at radius 2 is 1.92 bits per heavy atom. The molecule has 0 N–H and O–H groups in total. The Morgan fingerprint density at radius 1 is 1.23 bits per heavy atom. The lowest BCUT2D eigenvalue weighted by molar-refractivity contribution is -0.770. The average molecular weight is 372 g/mol. The zero-order valence-electron chi connectivity index (χ0n) is 14.6. The van der Waals surface area contributed by atoms with Gasteiger partial charge in [-0.1, -0.05) is 0 Å². The summed E-state index contributed by atoms with van der Waals surface area (Å²) in [6.07, 6.45) is -0.681. The van der Waals surface area contributed by atoms with E-state index in [1.165, 1.54) is 20.1 Å². The molecule has 0 saturated carbocycles. The van der Waals surface area contributed by atoms with Crippen molar-refractivity contribution in [3.8, 4) is 11.5 Å². The van der Waals surface area contributed by atoms with Gasteiger partial charge in [0.25, 0.3) is 10.8 Å². The summed E-state index contributed by atoms with van der Waals surface area (Å²) >= 11 is 0. The summed E-state index contributed by atoms with van der Waals surface area (Å²) < 4.78 is 15.4. The summed E-state index contributed by atoms with van der Waals surface area (Å²) in [4.78, 5) is 36.7. The van der Waals surface area contributed by atoms with E-state index in [1.54, 1.807) is 6.92 Å². The van der Waals surface area contributed by atoms with Gasteiger partial charge in [0.15, 0.2) is 11.5 Å². The molecule has 0 aliphatic carbocycles. The third-order valence-corrected chi connectivity index (χ3v) is 3.28. The highest BCUT2D eigenvalue weighted by atomic mass is 17.0. The number of carbonyl (C=O) groups is 1. The highest BCUT2D eigenvalue weighted by molar-refractivity contribution is 5.69. The van der Waals surface area contributed by atoms with E-state index in [0.717, 1.165) is 6.07 Å². The minimum Gasteiger partial charge on any atom is -0.493 e. The standard InChI is InChI=1S/C15H20N2O9/c1-4-24-15(18)6-5-7-25-14-9-12(16(19)20)11(8-13(14)23-3)10(2)26-17(21)22/h8-10H,4-7H2,1-3H3. The van der Waals surface area contributed by atoms with E-state index in [0.29, 0.717) is 6.42 Å². The number of ether oxygens (including phenoxy) is 3. The van der Waals surface area contributed by atoms with Crippen LogP contribution in [0.1, 0.15) is 38.4 Å². The van der Waals surface area contributed by atoms with Gasteiger partial charge in [-0.15, -0.1) is 10.1 Å². The summed E-state index contributed by atoms with van der Waals surface area (Å²) in [5, 5.41) is 20.7. The van der Waals surface area contributed by atoms with E-state index < -0.39 is 21.8 Å². The SMILES string of the molecule is CCOC(=O)CCCOc1cc([N+](=O)[O-])c(C(C)O[N+](=O)[O-])cc1OC. The van der Waals surface area contributed by atoms with Gasteiger partial charge in [0.2, 0.25) is 0 Å². The molecule has 144 valence electrons. The Morgan fingerprint density at radius 3 is 2.46 bits per heavy atom. The van der Waals surface area contributed by atoms with Gasteiger partial charge in [0.05, 0.1) is 36.9 Å². The number of benzene rings is 1. The topological polar surface area (TPSA) is 140 Å². The maximum Gasteiger partial charge on any atom is 0.305 e. The second kappa shape index (κ2) is 10.0. The summed E-state index contributed by atoms with van der Waals surface area (Å²) in [5.74, 6) is -0.129. The molecule has 0 aliphatic rings. The minimum atomic E-state index is -1.17. The van der Waals surface area contributed by atoms with Crippen molar-refractivity contribution in [2.45, 2.75) is 32.8 Å². The third-order valence-electron chi connectivity index (χ3n) is 3.28. The van der Waals surface area contributed by atoms with E-state index in [4.69, 9.17) is 14.2 Å². The smallest absolute Gasteiger partial charge is 0.305 e. The molecule has 0 aromatic heterocycles. The molecule has 1 aromatic rings. The number of methoxy groups -OCH3 is 1. The van der Waals surface area contributed by atoms with E-state index in [9.17, 15) is 25.0 Å². The van der Waals surface area contributed by atoms with E-state index in [-0.39, 0.29) is 42.7 Å². The number of esters is 1. The van der Waals surface area contributed by atoms with Gasteiger partial charge < -0.3 is 19.0 Å². The molecule has 11 nitrogen and oxygen atoms in total. The van der Waals surface area contributed by atoms with Crippen molar-refractivity contribution in [2.75, 3.05) is 20.3 Å². The van der Waals surface area contributed by atoms with Gasteiger partial charge in [0.1, 0.15) is 6.10 Å². The molecule has 1 aromatic carbocycles. The Kier molecular flexibility index (Phi) is 8.06. The first-order valence-corrected chi connectivity index (χ1v) is 7.76. The van der Waals surface area contributed by atoms with E-state index in [2.05, 4.69) is 4.84 Å². The Hall–Kier alpha value is -3.11. The molecule has 1 unspecified atom stereocenters. The van der Waals surface area contributed by atoms with Crippen LogP contribution >= 0.6 is 0 Å². The monoisotopic (exact) mass is 372 g/mol. The van der Waals surface area contributed by atoms with Crippen molar-refractivity contribution < 1.29 is 33.9 Å². The normalized spacial score (nSPS) is 11.3. The fourth-order valence-corrected chi connectivity index (χ4v) is 2.14. The second-order valence-corrected chi connectivity index (χ2v) is 5.05. The Labute approximate surface area is 149 Å². The van der Waals surface area contributed by atoms with Gasteiger partial charge >= 0.3 is 5.97 Å². The predicted octanol–water partition coefficient (Wildman–Crippen LogP) is 2.59. The van der Waals surface area contributed by atoms with Crippen LogP contribution in [0.3, 0.4) is 0 Å². The van der Waals surface area contributed by atoms with Crippen molar-refractivity contribution >= 4 is 11.7 Å². The molecule has 26 heavy (non-hydrogen) atoms. The zero-order chi connectivity index (χ0) is 19.7. The minimum absolute atomic E-state index is 0.0255. The molecule has 0 fully saturated rings. The number of rotatable bonds is 11. The zero-order valence-corrected chi connectivity index (χ0v) is 14.6. The van der Waals surface area contributed by atoms with E-state index >= 15 is 0 Å². The lowest BCUT2D eigenvalue weighted by Gasteiger charge is -2.15. The number of nitro benzene ring substituents is 1. The van der Waals surface area contributed by atoms with Crippen LogP contribution in [0.4, 0.5) is 5.69 Å². The molecule has 1 rings (SSSR count). The first kappa shape index (κ1) is 20.9. The fourth-order valence-electron chi connectivity index (χ4n) is 2.14. The summed E-state index contributed by atoms with van der Waals surface area (Å²) in [6, 6.07) is 2.37. The lowest BCUT2D eigenvalue weighted by atomic mass is 10.1. The third kappa shape index (κ3) is 6.07. The first-order chi connectivity index (χ1) is 12.3. The van der Waals surface area contributed by atoms with Crippen LogP contribution in [0.5, 0.6) is 11.5 Å². The molecule has 0 bridgehead atoms. The molecule has 0 aliphatic heterocycles. The van der Waals surface area contributed by atoms with Gasteiger partial charge in [-0.05, 0) is 26.3 Å². The van der Waals surface area contributed by atoms with Gasteiger partial charge in [-0.3, -0.25) is 14.9 Å². The molecular weight excluding hydrogens is 352 g/mol. The number of carbonyl (C=O) groups excluding carboxylic acids is 1. The van der Waals surface area contributed by atoms with Crippen molar-refractivity contribution in [3.63, 3.8) is 0 Å². The highest BCUT2D eigenvalue weighted by Gasteiger charge is 2.25. The predicted molar refractivity (Wildman–Crippen MR) is 87.5 cm³/mol. The van der Waals surface area contributed by atoms with E-state index in [1.807, 2.05) is 0 Å². The molecule has 0 saturated heterocycles. The first-order valence-electron chi connectivity index (χ1n) is 7.76. The van der Waals surface area contributed by atoms with Crippen LogP contribution in [0.15, 0.2) is 12.1 Å². The maximum atomic E-state index is 11.3. The molecule has 0 spiro atoms. The Balaban J connectivity index is 2.95. The van der Waals surface area contributed by atoms with Crippen LogP contribution in [0.2, 0.25) is 0 Å². The number of hydrogen-bond acceptors (Lipinski definition) is 9. The summed E-state index contributed by atoms with van der Waals surface area (Å²) in [7, 11) is 1.33.